The maximum absolute atomic E-state index is 8.60. The SMILES string of the molecule is N#COc1cccc(-c2ccc3cc(C(N)=[NH2+])ccc3c2)c1. The second kappa shape index (κ2) is 5.58. The Bertz CT molecular complexity index is 910. The van der Waals surface area contributed by atoms with Gasteiger partial charge in [-0.05, 0) is 52.2 Å². The van der Waals surface area contributed by atoms with Crippen molar-refractivity contribution in [3.63, 3.8) is 0 Å². The summed E-state index contributed by atoms with van der Waals surface area (Å²) in [7, 11) is 0. The van der Waals surface area contributed by atoms with Crippen LogP contribution in [0.3, 0.4) is 0 Å². The van der Waals surface area contributed by atoms with Crippen molar-refractivity contribution >= 4 is 16.6 Å². The van der Waals surface area contributed by atoms with Crippen LogP contribution in [0.5, 0.6) is 5.75 Å². The predicted octanol–water partition coefficient (Wildman–Crippen LogP) is 1.83. The summed E-state index contributed by atoms with van der Waals surface area (Å²) < 4.78 is 4.87. The van der Waals surface area contributed by atoms with Crippen molar-refractivity contribution in [2.24, 2.45) is 5.73 Å². The Labute approximate surface area is 127 Å². The molecule has 0 aliphatic rings. The molecule has 0 aromatic heterocycles. The summed E-state index contributed by atoms with van der Waals surface area (Å²) in [6.45, 7) is 0. The molecule has 0 aliphatic heterocycles. The van der Waals surface area contributed by atoms with Gasteiger partial charge in [-0.15, -0.1) is 5.26 Å². The molecule has 0 heterocycles. The zero-order valence-electron chi connectivity index (χ0n) is 11.8. The number of nitrogens with zero attached hydrogens (tertiary/aromatic N) is 1. The van der Waals surface area contributed by atoms with E-state index in [2.05, 4.69) is 6.07 Å². The first-order valence-corrected chi connectivity index (χ1v) is 6.76. The molecule has 22 heavy (non-hydrogen) atoms. The molecule has 3 aromatic carbocycles. The van der Waals surface area contributed by atoms with E-state index in [1.807, 2.05) is 48.5 Å². The van der Waals surface area contributed by atoms with Gasteiger partial charge >= 0.3 is 0 Å². The molecule has 4 N–H and O–H groups in total. The Morgan fingerprint density at radius 2 is 1.68 bits per heavy atom. The Morgan fingerprint density at radius 1 is 0.955 bits per heavy atom. The smallest absolute Gasteiger partial charge is 0.292 e. The van der Waals surface area contributed by atoms with Gasteiger partial charge in [0.2, 0.25) is 0 Å². The molecular weight excluding hydrogens is 274 g/mol. The lowest BCUT2D eigenvalue weighted by Gasteiger charge is -2.06. The van der Waals surface area contributed by atoms with Gasteiger partial charge in [-0.1, -0.05) is 30.3 Å². The third kappa shape index (κ3) is 2.60. The van der Waals surface area contributed by atoms with Gasteiger partial charge in [0, 0.05) is 0 Å². The molecule has 3 rings (SSSR count). The Kier molecular flexibility index (Phi) is 3.47. The van der Waals surface area contributed by atoms with Crippen LogP contribution in [0.1, 0.15) is 5.56 Å². The van der Waals surface area contributed by atoms with Crippen molar-refractivity contribution in [3.8, 4) is 23.1 Å². The average Bonchev–Trinajstić information content (AvgIpc) is 2.54. The zero-order valence-corrected chi connectivity index (χ0v) is 11.8. The van der Waals surface area contributed by atoms with Crippen molar-refractivity contribution < 1.29 is 10.1 Å². The van der Waals surface area contributed by atoms with E-state index in [1.54, 1.807) is 12.3 Å². The lowest BCUT2D eigenvalue weighted by Crippen LogP contribution is -2.46. The van der Waals surface area contributed by atoms with Crippen LogP contribution in [0, 0.1) is 11.5 Å². The Balaban J connectivity index is 2.05. The third-order valence-corrected chi connectivity index (χ3v) is 3.50. The van der Waals surface area contributed by atoms with Gasteiger partial charge < -0.3 is 4.74 Å². The number of nitriles is 1. The van der Waals surface area contributed by atoms with Crippen LogP contribution in [0.2, 0.25) is 0 Å². The summed E-state index contributed by atoms with van der Waals surface area (Å²) in [5, 5.41) is 16.4. The molecule has 0 bridgehead atoms. The first-order chi connectivity index (χ1) is 10.7. The van der Waals surface area contributed by atoms with E-state index in [4.69, 9.17) is 21.1 Å². The molecule has 0 saturated carbocycles. The van der Waals surface area contributed by atoms with Crippen LogP contribution >= 0.6 is 0 Å². The third-order valence-electron chi connectivity index (χ3n) is 3.50. The van der Waals surface area contributed by atoms with E-state index in [-0.39, 0.29) is 0 Å². The molecule has 0 unspecified atom stereocenters. The highest BCUT2D eigenvalue weighted by Crippen LogP contribution is 2.27. The van der Waals surface area contributed by atoms with E-state index in [0.29, 0.717) is 11.6 Å². The summed E-state index contributed by atoms with van der Waals surface area (Å²) >= 11 is 0. The lowest BCUT2D eigenvalue weighted by atomic mass is 9.99. The number of fused-ring (bicyclic) bond motifs is 1. The number of benzene rings is 3. The van der Waals surface area contributed by atoms with Crippen molar-refractivity contribution in [2.45, 2.75) is 0 Å². The number of nitrogens with two attached hydrogens (primary N) is 2. The van der Waals surface area contributed by atoms with Crippen molar-refractivity contribution in [2.75, 3.05) is 0 Å². The van der Waals surface area contributed by atoms with E-state index < -0.39 is 0 Å². The molecule has 0 spiro atoms. The van der Waals surface area contributed by atoms with Gasteiger partial charge in [0.15, 0.2) is 0 Å². The molecule has 3 aromatic rings. The molecule has 4 nitrogen and oxygen atoms in total. The summed E-state index contributed by atoms with van der Waals surface area (Å²) in [6.07, 6.45) is 1.68. The highest BCUT2D eigenvalue weighted by Gasteiger charge is 2.05. The maximum Gasteiger partial charge on any atom is 0.292 e. The zero-order chi connectivity index (χ0) is 15.5. The summed E-state index contributed by atoms with van der Waals surface area (Å²) in [5.41, 5.74) is 8.49. The van der Waals surface area contributed by atoms with E-state index in [9.17, 15) is 0 Å². The number of ether oxygens (including phenoxy) is 1. The average molecular weight is 288 g/mol. The number of amidine groups is 1. The molecule has 0 saturated heterocycles. The summed E-state index contributed by atoms with van der Waals surface area (Å²) in [5.74, 6) is 0.841. The van der Waals surface area contributed by atoms with E-state index in [1.165, 1.54) is 0 Å². The minimum atomic E-state index is 0.312. The van der Waals surface area contributed by atoms with Crippen LogP contribution in [0.15, 0.2) is 60.7 Å². The topological polar surface area (TPSA) is 84.6 Å². The number of hydrogen-bond acceptors (Lipinski definition) is 2. The van der Waals surface area contributed by atoms with Crippen LogP contribution in [0.4, 0.5) is 0 Å². The lowest BCUT2D eigenvalue weighted by molar-refractivity contribution is -0.114. The second-order valence-corrected chi connectivity index (χ2v) is 4.95. The summed E-state index contributed by atoms with van der Waals surface area (Å²) in [6, 6.07) is 19.4. The highest BCUT2D eigenvalue weighted by atomic mass is 16.5. The standard InChI is InChI=1S/C18H13N3O/c19-11-22-17-3-1-2-12(10-17)13-4-5-15-9-16(18(20)21)7-6-14(15)8-13/h1-10H,(H3,20,21)/p+1. The van der Waals surface area contributed by atoms with Gasteiger partial charge in [-0.3, -0.25) is 11.1 Å². The minimum Gasteiger partial charge on any atom is -0.388 e. The monoisotopic (exact) mass is 288 g/mol. The van der Waals surface area contributed by atoms with Gasteiger partial charge in [0.25, 0.3) is 12.1 Å². The maximum atomic E-state index is 8.60. The first-order valence-electron chi connectivity index (χ1n) is 6.76. The quantitative estimate of drug-likeness (QED) is 0.438. The minimum absolute atomic E-state index is 0.312. The Hall–Kier alpha value is -3.32. The van der Waals surface area contributed by atoms with Crippen LogP contribution < -0.4 is 15.9 Å². The van der Waals surface area contributed by atoms with Gasteiger partial charge in [-0.2, -0.15) is 0 Å². The van der Waals surface area contributed by atoms with Crippen molar-refractivity contribution in [1.29, 1.82) is 5.26 Å². The molecule has 0 amide bonds. The fourth-order valence-electron chi connectivity index (χ4n) is 2.40. The predicted molar refractivity (Wildman–Crippen MR) is 85.8 cm³/mol. The second-order valence-electron chi connectivity index (χ2n) is 4.95. The molecule has 4 heteroatoms. The van der Waals surface area contributed by atoms with E-state index in [0.717, 1.165) is 27.5 Å². The van der Waals surface area contributed by atoms with E-state index >= 15 is 0 Å². The molecule has 0 radical (unpaired) electrons. The number of hydrogen-bond donors (Lipinski definition) is 2. The van der Waals surface area contributed by atoms with Crippen LogP contribution in [0.25, 0.3) is 21.9 Å². The van der Waals surface area contributed by atoms with Gasteiger partial charge in [0.05, 0.1) is 5.56 Å². The highest BCUT2D eigenvalue weighted by molar-refractivity contribution is 5.98. The molecule has 0 atom stereocenters. The number of rotatable bonds is 3. The fourth-order valence-corrected chi connectivity index (χ4v) is 2.40. The molecule has 106 valence electrons. The molecule has 0 aliphatic carbocycles. The Morgan fingerprint density at radius 3 is 2.45 bits per heavy atom. The summed E-state index contributed by atoms with van der Waals surface area (Å²) in [4.78, 5) is 0. The van der Waals surface area contributed by atoms with Crippen molar-refractivity contribution in [3.05, 3.63) is 66.2 Å². The molecule has 0 fully saturated rings. The molecular formula is C18H14N3O+. The fraction of sp³-hybridized carbons (Fsp3) is 0. The van der Waals surface area contributed by atoms with Gasteiger partial charge in [0.1, 0.15) is 5.75 Å². The van der Waals surface area contributed by atoms with Crippen LogP contribution in [-0.4, -0.2) is 5.84 Å². The first kappa shape index (κ1) is 13.7. The van der Waals surface area contributed by atoms with Gasteiger partial charge in [-0.25, -0.2) is 0 Å². The van der Waals surface area contributed by atoms with Crippen LogP contribution in [-0.2, 0) is 0 Å². The largest absolute Gasteiger partial charge is 0.388 e. The van der Waals surface area contributed by atoms with Crippen molar-refractivity contribution in [1.82, 2.24) is 0 Å². The normalized spacial score (nSPS) is 10.1.